The van der Waals surface area contributed by atoms with Gasteiger partial charge in [-0.3, -0.25) is 9.59 Å². The summed E-state index contributed by atoms with van der Waals surface area (Å²) in [4.78, 5) is 27.2. The predicted octanol–water partition coefficient (Wildman–Crippen LogP) is 1.78. The molecule has 1 aliphatic rings. The minimum atomic E-state index is -0.784. The summed E-state index contributed by atoms with van der Waals surface area (Å²) in [7, 11) is 1.50. The van der Waals surface area contributed by atoms with Crippen molar-refractivity contribution in [2.45, 2.75) is 52.3 Å². The van der Waals surface area contributed by atoms with Crippen LogP contribution in [0.1, 0.15) is 40.2 Å². The number of β-amino-alcohol motifs (C(OH)–C–C–N with tert-alkyl or cyclic N) is 1. The van der Waals surface area contributed by atoms with Gasteiger partial charge in [0.2, 0.25) is 11.8 Å². The molecule has 0 unspecified atom stereocenters. The zero-order valence-electron chi connectivity index (χ0n) is 19.0. The number of likely N-dealkylation sites (N-methyl/N-ethyl adjacent to an activating group) is 1. The molecule has 32 heavy (non-hydrogen) atoms. The predicted molar refractivity (Wildman–Crippen MR) is 115 cm³/mol. The van der Waals surface area contributed by atoms with E-state index in [1.807, 2.05) is 20.8 Å². The average Bonchev–Trinajstić information content (AvgIpc) is 3.35. The SMILES string of the molecule is CCOc1ccc(-c2cn([C@H](C(=O)N3C[C@H](O)C[C@H]3C(=O)NC)C(C)(C)C)nn2)cc1F. The van der Waals surface area contributed by atoms with Crippen molar-refractivity contribution in [2.75, 3.05) is 20.2 Å². The molecule has 9 nitrogen and oxygen atoms in total. The van der Waals surface area contributed by atoms with E-state index in [-0.39, 0.29) is 30.5 Å². The van der Waals surface area contributed by atoms with E-state index in [2.05, 4.69) is 15.6 Å². The molecule has 0 aliphatic carbocycles. The topological polar surface area (TPSA) is 110 Å². The Hall–Kier alpha value is -3.01. The second kappa shape index (κ2) is 9.23. The molecular formula is C22H30FN5O4. The van der Waals surface area contributed by atoms with Crippen LogP contribution in [-0.4, -0.2) is 69.2 Å². The standard InChI is InChI=1S/C22H30FN5O4/c1-6-32-18-8-7-13(9-15(18)23)16-12-28(26-25-16)19(22(2,3)4)21(31)27-11-14(29)10-17(27)20(30)24-5/h7-9,12,14,17,19,29H,6,10-11H2,1-5H3,(H,24,30)/t14-,17+,19-/m1/s1. The Morgan fingerprint density at radius 2 is 2.09 bits per heavy atom. The highest BCUT2D eigenvalue weighted by Crippen LogP contribution is 2.35. The summed E-state index contributed by atoms with van der Waals surface area (Å²) in [6.07, 6.45) is 0.987. The number of aliphatic hydroxyl groups is 1. The molecule has 0 spiro atoms. The maximum Gasteiger partial charge on any atom is 0.248 e. The second-order valence-corrected chi connectivity index (χ2v) is 8.94. The number of likely N-dealkylation sites (tertiary alicyclic amines) is 1. The summed E-state index contributed by atoms with van der Waals surface area (Å²) in [6.45, 7) is 7.84. The molecular weight excluding hydrogens is 417 g/mol. The molecule has 1 aromatic carbocycles. The molecule has 1 aliphatic heterocycles. The summed E-state index contributed by atoms with van der Waals surface area (Å²) < 4.78 is 21.0. The monoisotopic (exact) mass is 447 g/mol. The number of hydrogen-bond donors (Lipinski definition) is 2. The Bertz CT molecular complexity index is 987. The third-order valence-electron chi connectivity index (χ3n) is 5.47. The van der Waals surface area contributed by atoms with Crippen LogP contribution in [-0.2, 0) is 9.59 Å². The van der Waals surface area contributed by atoms with Gasteiger partial charge in [-0.05, 0) is 30.5 Å². The molecule has 2 N–H and O–H groups in total. The summed E-state index contributed by atoms with van der Waals surface area (Å²) in [5.74, 6) is -1.02. The van der Waals surface area contributed by atoms with Crippen molar-refractivity contribution in [2.24, 2.45) is 5.41 Å². The number of carbonyl (C=O) groups is 2. The fourth-order valence-corrected chi connectivity index (χ4v) is 3.98. The van der Waals surface area contributed by atoms with Gasteiger partial charge in [-0.1, -0.05) is 26.0 Å². The lowest BCUT2D eigenvalue weighted by Gasteiger charge is -2.34. The van der Waals surface area contributed by atoms with Crippen LogP contribution < -0.4 is 10.1 Å². The van der Waals surface area contributed by atoms with Crippen molar-refractivity contribution >= 4 is 11.8 Å². The quantitative estimate of drug-likeness (QED) is 0.699. The first-order valence-corrected chi connectivity index (χ1v) is 10.6. The van der Waals surface area contributed by atoms with Crippen molar-refractivity contribution in [3.63, 3.8) is 0 Å². The number of rotatable bonds is 6. The second-order valence-electron chi connectivity index (χ2n) is 8.94. The number of nitrogens with one attached hydrogen (secondary N) is 1. The number of amides is 2. The first kappa shape index (κ1) is 23.6. The normalized spacial score (nSPS) is 19.7. The molecule has 0 bridgehead atoms. The Morgan fingerprint density at radius 3 is 2.69 bits per heavy atom. The molecule has 0 saturated carbocycles. The van der Waals surface area contributed by atoms with Crippen molar-refractivity contribution in [3.05, 3.63) is 30.2 Å². The van der Waals surface area contributed by atoms with E-state index in [1.54, 1.807) is 19.2 Å². The van der Waals surface area contributed by atoms with Gasteiger partial charge in [0.1, 0.15) is 17.8 Å². The zero-order valence-corrected chi connectivity index (χ0v) is 19.0. The van der Waals surface area contributed by atoms with E-state index in [0.717, 1.165) is 0 Å². The third-order valence-corrected chi connectivity index (χ3v) is 5.47. The Balaban J connectivity index is 1.93. The maximum absolute atomic E-state index is 14.3. The van der Waals surface area contributed by atoms with Crippen molar-refractivity contribution in [1.29, 1.82) is 0 Å². The number of benzene rings is 1. The van der Waals surface area contributed by atoms with Crippen LogP contribution in [0.5, 0.6) is 5.75 Å². The highest BCUT2D eigenvalue weighted by molar-refractivity contribution is 5.90. The highest BCUT2D eigenvalue weighted by atomic mass is 19.1. The van der Waals surface area contributed by atoms with Crippen LogP contribution in [0, 0.1) is 11.2 Å². The number of carbonyl (C=O) groups excluding carboxylic acids is 2. The minimum absolute atomic E-state index is 0.0646. The number of aliphatic hydroxyl groups excluding tert-OH is 1. The molecule has 0 radical (unpaired) electrons. The molecule has 1 fully saturated rings. The summed E-state index contributed by atoms with van der Waals surface area (Å²) >= 11 is 0. The lowest BCUT2D eigenvalue weighted by Crippen LogP contribution is -2.49. The van der Waals surface area contributed by atoms with Gasteiger partial charge >= 0.3 is 0 Å². The fraction of sp³-hybridized carbons (Fsp3) is 0.545. The van der Waals surface area contributed by atoms with Crippen LogP contribution in [0.3, 0.4) is 0 Å². The zero-order chi connectivity index (χ0) is 23.6. The average molecular weight is 448 g/mol. The molecule has 3 rings (SSSR count). The van der Waals surface area contributed by atoms with E-state index in [4.69, 9.17) is 4.74 Å². The molecule has 174 valence electrons. The Morgan fingerprint density at radius 1 is 1.38 bits per heavy atom. The summed E-state index contributed by atoms with van der Waals surface area (Å²) in [6, 6.07) is 2.98. The lowest BCUT2D eigenvalue weighted by atomic mass is 9.85. The van der Waals surface area contributed by atoms with Crippen molar-refractivity contribution in [1.82, 2.24) is 25.2 Å². The van der Waals surface area contributed by atoms with E-state index in [0.29, 0.717) is 17.9 Å². The van der Waals surface area contributed by atoms with Gasteiger partial charge in [-0.25, -0.2) is 9.07 Å². The molecule has 2 aromatic rings. The van der Waals surface area contributed by atoms with E-state index >= 15 is 0 Å². The van der Waals surface area contributed by atoms with Crippen LogP contribution >= 0.6 is 0 Å². The maximum atomic E-state index is 14.3. The van der Waals surface area contributed by atoms with Crippen LogP contribution in [0.4, 0.5) is 4.39 Å². The van der Waals surface area contributed by atoms with Crippen LogP contribution in [0.2, 0.25) is 0 Å². The van der Waals surface area contributed by atoms with Crippen molar-refractivity contribution in [3.8, 4) is 17.0 Å². The van der Waals surface area contributed by atoms with Gasteiger partial charge in [0, 0.05) is 25.6 Å². The molecule has 1 aromatic heterocycles. The molecule has 2 amide bonds. The van der Waals surface area contributed by atoms with Crippen LogP contribution in [0.25, 0.3) is 11.3 Å². The first-order valence-electron chi connectivity index (χ1n) is 10.6. The molecule has 10 heteroatoms. The van der Waals surface area contributed by atoms with Gasteiger partial charge in [-0.2, -0.15) is 0 Å². The number of nitrogens with zero attached hydrogens (tertiary/aromatic N) is 4. The van der Waals surface area contributed by atoms with Gasteiger partial charge in [0.15, 0.2) is 11.6 Å². The number of ether oxygens (including phenoxy) is 1. The lowest BCUT2D eigenvalue weighted by molar-refractivity contribution is -0.144. The largest absolute Gasteiger partial charge is 0.491 e. The van der Waals surface area contributed by atoms with E-state index < -0.39 is 29.4 Å². The number of halogens is 1. The number of aromatic nitrogens is 3. The van der Waals surface area contributed by atoms with Gasteiger partial charge in [0.05, 0.1) is 18.9 Å². The van der Waals surface area contributed by atoms with Gasteiger partial charge in [0.25, 0.3) is 0 Å². The first-order chi connectivity index (χ1) is 15.1. The van der Waals surface area contributed by atoms with Gasteiger partial charge in [-0.15, -0.1) is 5.10 Å². The third kappa shape index (κ3) is 4.74. The highest BCUT2D eigenvalue weighted by Gasteiger charge is 2.45. The molecule has 1 saturated heterocycles. The Kier molecular flexibility index (Phi) is 6.82. The summed E-state index contributed by atoms with van der Waals surface area (Å²) in [5.41, 5.74) is 0.322. The molecule has 2 heterocycles. The van der Waals surface area contributed by atoms with Gasteiger partial charge < -0.3 is 20.1 Å². The summed E-state index contributed by atoms with van der Waals surface area (Å²) in [5, 5.41) is 20.9. The van der Waals surface area contributed by atoms with Crippen molar-refractivity contribution < 1.29 is 23.8 Å². The van der Waals surface area contributed by atoms with E-state index in [1.165, 1.54) is 28.8 Å². The Labute approximate surface area is 186 Å². The van der Waals surface area contributed by atoms with E-state index in [9.17, 15) is 19.1 Å². The minimum Gasteiger partial charge on any atom is -0.491 e. The molecule has 3 atom stereocenters. The van der Waals surface area contributed by atoms with Crippen LogP contribution in [0.15, 0.2) is 24.4 Å². The smallest absolute Gasteiger partial charge is 0.248 e. The fourth-order valence-electron chi connectivity index (χ4n) is 3.98. The number of hydrogen-bond acceptors (Lipinski definition) is 6.